The zero-order chi connectivity index (χ0) is 24.9. The zero-order valence-electron chi connectivity index (χ0n) is 20.8. The molecule has 1 amide bonds. The second-order valence-corrected chi connectivity index (χ2v) is 10.2. The number of unbranched alkanes of at least 4 members (excludes halogenated alkanes) is 1. The minimum atomic E-state index is -0.359. The monoisotopic (exact) mass is 527 g/mol. The smallest absolute Gasteiger partial charge is 0.263 e. The van der Waals surface area contributed by atoms with Crippen molar-refractivity contribution >= 4 is 45.5 Å². The topological polar surface area (TPSA) is 104 Å². The summed E-state index contributed by atoms with van der Waals surface area (Å²) in [7, 11) is 2.13. The number of nitrogens with one attached hydrogen (secondary N) is 3. The number of benzene rings is 1. The molecule has 1 unspecified atom stereocenters. The number of nitrogens with zero attached hydrogens (tertiary/aromatic N) is 6. The second kappa shape index (κ2) is 12.2. The van der Waals surface area contributed by atoms with Gasteiger partial charge in [-0.1, -0.05) is 50.3 Å². The highest BCUT2D eigenvalue weighted by atomic mass is 32.1. The van der Waals surface area contributed by atoms with Gasteiger partial charge in [0.15, 0.2) is 5.13 Å². The summed E-state index contributed by atoms with van der Waals surface area (Å²) in [6.07, 6.45) is 7.90. The predicted molar refractivity (Wildman–Crippen MR) is 157 cm³/mol. The zero-order valence-corrected chi connectivity index (χ0v) is 21.6. The number of aromatic nitrogens is 2. The van der Waals surface area contributed by atoms with E-state index in [0.717, 1.165) is 67.2 Å². The van der Waals surface area contributed by atoms with Crippen molar-refractivity contribution < 1.29 is 7.65 Å². The first kappa shape index (κ1) is 26.6. The summed E-state index contributed by atoms with van der Waals surface area (Å²) in [5, 5.41) is 11.4. The average Bonchev–Trinajstić information content (AvgIpc) is 3.56. The minimum absolute atomic E-state index is 0. The number of hydrogen-bond donors (Lipinski definition) is 3. The predicted octanol–water partition coefficient (Wildman–Crippen LogP) is 3.81. The van der Waals surface area contributed by atoms with Crippen LogP contribution in [0, 0.1) is 0 Å². The lowest BCUT2D eigenvalue weighted by atomic mass is 10.0. The Hall–Kier alpha value is -3.44. The van der Waals surface area contributed by atoms with Crippen LogP contribution in [0.3, 0.4) is 0 Å². The van der Waals surface area contributed by atoms with Crippen LogP contribution < -0.4 is 15.6 Å². The Morgan fingerprint density at radius 3 is 2.86 bits per heavy atom. The fourth-order valence-electron chi connectivity index (χ4n) is 4.41. The van der Waals surface area contributed by atoms with Gasteiger partial charge in [0.1, 0.15) is 17.1 Å². The summed E-state index contributed by atoms with van der Waals surface area (Å²) < 4.78 is 0. The summed E-state index contributed by atoms with van der Waals surface area (Å²) >= 11 is 1.44. The summed E-state index contributed by atoms with van der Waals surface area (Å²) in [4.78, 5) is 30.9. The Morgan fingerprint density at radius 2 is 2.05 bits per heavy atom. The number of thiazole rings is 1. The van der Waals surface area contributed by atoms with Crippen molar-refractivity contribution in [2.75, 3.05) is 44.7 Å². The van der Waals surface area contributed by atoms with E-state index < -0.39 is 0 Å². The lowest BCUT2D eigenvalue weighted by Crippen LogP contribution is -2.53. The number of piperazine rings is 1. The molecule has 2 aliphatic rings. The third-order valence-corrected chi connectivity index (χ3v) is 7.64. The van der Waals surface area contributed by atoms with Crippen LogP contribution in [0.15, 0.2) is 46.8 Å². The van der Waals surface area contributed by atoms with Crippen molar-refractivity contribution in [2.24, 2.45) is 10.1 Å². The molecule has 37 heavy (non-hydrogen) atoms. The Bertz CT molecular complexity index is 1250. The lowest BCUT2D eigenvalue weighted by Gasteiger charge is -2.32. The quantitative estimate of drug-likeness (QED) is 0.391. The van der Waals surface area contributed by atoms with Crippen LogP contribution in [0.4, 0.5) is 5.13 Å². The number of H-pyrrole nitrogens is 1. The third-order valence-electron chi connectivity index (χ3n) is 6.58. The summed E-state index contributed by atoms with van der Waals surface area (Å²) in [6, 6.07) is 7.83. The molecule has 0 radical (unpaired) electrons. The fraction of sp³-hybridized carbons (Fsp3) is 0.462. The van der Waals surface area contributed by atoms with Crippen LogP contribution in [-0.4, -0.2) is 83.9 Å². The number of carbonyl (C=O) groups excluding carboxylic acids is 1. The van der Waals surface area contributed by atoms with E-state index in [-0.39, 0.29) is 22.2 Å². The summed E-state index contributed by atoms with van der Waals surface area (Å²) in [5.41, 5.74) is 5.49. The van der Waals surface area contributed by atoms with E-state index in [0.29, 0.717) is 17.1 Å². The van der Waals surface area contributed by atoms with Gasteiger partial charge in [-0.05, 0) is 25.1 Å². The number of fused-ring (bicyclic) bond motifs is 1. The van der Waals surface area contributed by atoms with Crippen molar-refractivity contribution in [1.29, 1.82) is 0 Å². The van der Waals surface area contributed by atoms with Gasteiger partial charge in [0, 0.05) is 52.6 Å². The van der Waals surface area contributed by atoms with Gasteiger partial charge in [-0.15, -0.1) is 5.10 Å². The standard InChI is InChI=1S/C25H33N9OS.CH4.2H2/c1-3-4-9-34-29-17-28-23(31-34)21(14-18-15-26-20-8-6-5-7-19(18)20)30-24(35)22-16-27-25(36-22)33-12-10-32(2)11-13-33;;;/h5-8,15-17,21,26H,3-4,9-14H2,1-2H3,(H,30,35)(H,28,29,31);1H4;2*1H. The molecule has 1 aromatic carbocycles. The van der Waals surface area contributed by atoms with Crippen molar-refractivity contribution in [3.63, 3.8) is 0 Å². The molecule has 2 aromatic heterocycles. The maximum atomic E-state index is 13.4. The Balaban J connectivity index is 0.00000178. The third kappa shape index (κ3) is 6.28. The molecule has 0 spiro atoms. The van der Waals surface area contributed by atoms with Crippen LogP contribution in [0.5, 0.6) is 0 Å². The van der Waals surface area contributed by atoms with E-state index in [1.165, 1.54) is 11.3 Å². The first-order valence-corrected chi connectivity index (χ1v) is 13.3. The number of aromatic amines is 1. The van der Waals surface area contributed by atoms with E-state index in [1.54, 1.807) is 17.7 Å². The van der Waals surface area contributed by atoms with E-state index in [9.17, 15) is 4.79 Å². The number of para-hydroxylation sites is 1. The highest BCUT2D eigenvalue weighted by Gasteiger charge is 2.26. The SMILES string of the molecule is C.CCCCN1N=CN=C(C(Cc2c[nH]c3ccccc23)NC(=O)c2cnc(N3CCN(C)CC3)s2)N1.[HH].[HH]. The van der Waals surface area contributed by atoms with Gasteiger partial charge in [-0.3, -0.25) is 10.2 Å². The van der Waals surface area contributed by atoms with Gasteiger partial charge in [0.2, 0.25) is 0 Å². The van der Waals surface area contributed by atoms with Crippen molar-refractivity contribution in [1.82, 2.24) is 30.7 Å². The molecule has 2 aliphatic heterocycles. The molecule has 3 N–H and O–H groups in total. The van der Waals surface area contributed by atoms with Gasteiger partial charge < -0.3 is 20.1 Å². The Labute approximate surface area is 225 Å². The molecule has 1 atom stereocenters. The number of likely N-dealkylation sites (N-methyl/N-ethyl adjacent to an activating group) is 1. The molecule has 1 saturated heterocycles. The van der Waals surface area contributed by atoms with E-state index in [2.05, 4.69) is 66.7 Å². The molecule has 11 heteroatoms. The van der Waals surface area contributed by atoms with E-state index in [1.807, 2.05) is 18.3 Å². The van der Waals surface area contributed by atoms with Gasteiger partial charge in [-0.25, -0.2) is 15.1 Å². The molecule has 0 bridgehead atoms. The molecular weight excluding hydrogens is 486 g/mol. The van der Waals surface area contributed by atoms with E-state index >= 15 is 0 Å². The van der Waals surface area contributed by atoms with Crippen LogP contribution >= 0.6 is 11.3 Å². The molecule has 0 saturated carbocycles. The molecular formula is C26H41N9OS. The van der Waals surface area contributed by atoms with Crippen molar-refractivity contribution in [3.05, 3.63) is 47.1 Å². The van der Waals surface area contributed by atoms with Gasteiger partial charge in [-0.2, -0.15) is 0 Å². The number of hydrogen-bond acceptors (Lipinski definition) is 9. The maximum Gasteiger partial charge on any atom is 0.263 e. The number of rotatable bonds is 9. The fourth-order valence-corrected chi connectivity index (χ4v) is 5.28. The van der Waals surface area contributed by atoms with Crippen molar-refractivity contribution in [3.8, 4) is 0 Å². The number of carbonyl (C=O) groups is 1. The van der Waals surface area contributed by atoms with Crippen molar-refractivity contribution in [2.45, 2.75) is 39.7 Å². The number of hydrazine groups is 1. The number of amides is 1. The molecule has 10 nitrogen and oxygen atoms in total. The van der Waals surface area contributed by atoms with E-state index in [4.69, 9.17) is 0 Å². The first-order chi connectivity index (χ1) is 17.6. The van der Waals surface area contributed by atoms with Gasteiger partial charge in [0.25, 0.3) is 5.91 Å². The number of hydrazone groups is 1. The first-order valence-electron chi connectivity index (χ1n) is 12.5. The van der Waals surface area contributed by atoms with Crippen LogP contribution in [0.25, 0.3) is 10.9 Å². The number of anilines is 1. The van der Waals surface area contributed by atoms with Gasteiger partial charge >= 0.3 is 0 Å². The summed E-state index contributed by atoms with van der Waals surface area (Å²) in [5.74, 6) is 0.522. The molecule has 1 fully saturated rings. The molecule has 5 rings (SSSR count). The maximum absolute atomic E-state index is 13.4. The normalized spacial score (nSPS) is 16.8. The van der Waals surface area contributed by atoms with Crippen LogP contribution in [0.1, 0.15) is 45.3 Å². The Kier molecular flexibility index (Phi) is 8.78. The largest absolute Gasteiger partial charge is 0.361 e. The molecule has 4 heterocycles. The number of aliphatic imine (C=N–C) groups is 1. The molecule has 3 aromatic rings. The highest BCUT2D eigenvalue weighted by Crippen LogP contribution is 2.24. The van der Waals surface area contributed by atoms with Crippen LogP contribution in [-0.2, 0) is 6.42 Å². The second-order valence-electron chi connectivity index (χ2n) is 9.22. The summed E-state index contributed by atoms with van der Waals surface area (Å²) in [6.45, 7) is 6.74. The highest BCUT2D eigenvalue weighted by molar-refractivity contribution is 7.17. The molecule has 0 aliphatic carbocycles. The molecule has 202 valence electrons. The van der Waals surface area contributed by atoms with Crippen LogP contribution in [0.2, 0.25) is 0 Å². The lowest BCUT2D eigenvalue weighted by molar-refractivity contribution is 0.0948. The van der Waals surface area contributed by atoms with Gasteiger partial charge in [0.05, 0.1) is 18.8 Å². The minimum Gasteiger partial charge on any atom is -0.361 e. The Morgan fingerprint density at radius 1 is 1.24 bits per heavy atom. The average molecular weight is 528 g/mol. The number of amidine groups is 1.